The minimum Gasteiger partial charge on any atom is -0.245 e. The molecule has 0 aliphatic carbocycles. The van der Waals surface area contributed by atoms with E-state index in [-0.39, 0.29) is 0 Å². The number of nitrogens with zero attached hydrogens (tertiary/aromatic N) is 3. The first kappa shape index (κ1) is 4.72. The fourth-order valence-corrected chi connectivity index (χ4v) is 0.357. The molecule has 0 unspecified atom stereocenters. The number of hydrogen-bond acceptors (Lipinski definition) is 3. The maximum Gasteiger partial charge on any atom is 0.143 e. The third-order valence-electron chi connectivity index (χ3n) is 0.697. The highest BCUT2D eigenvalue weighted by Crippen LogP contribution is 1.83. The molecule has 0 amide bonds. The second-order valence-corrected chi connectivity index (χ2v) is 1.21. The van der Waals surface area contributed by atoms with Gasteiger partial charge in [0.15, 0.2) is 0 Å². The molecular formula is C5H3N3. The summed E-state index contributed by atoms with van der Waals surface area (Å²) in [5, 5.41) is 8.20. The van der Waals surface area contributed by atoms with Gasteiger partial charge in [-0.25, -0.2) is 9.97 Å². The van der Waals surface area contributed by atoms with Gasteiger partial charge in [0.25, 0.3) is 0 Å². The van der Waals surface area contributed by atoms with Crippen LogP contribution in [0.25, 0.3) is 0 Å². The molecule has 0 spiro atoms. The van der Waals surface area contributed by atoms with Gasteiger partial charge in [0.1, 0.15) is 18.1 Å². The second-order valence-electron chi connectivity index (χ2n) is 1.21. The van der Waals surface area contributed by atoms with Crippen LogP contribution in [0, 0.1) is 11.3 Å². The van der Waals surface area contributed by atoms with Gasteiger partial charge < -0.3 is 0 Å². The fraction of sp³-hybridized carbons (Fsp3) is 0. The molecular weight excluding hydrogens is 102 g/mol. The summed E-state index contributed by atoms with van der Waals surface area (Å²) in [6.45, 7) is 0. The van der Waals surface area contributed by atoms with Gasteiger partial charge in [-0.05, 0) is 6.07 Å². The molecule has 1 rings (SSSR count). The van der Waals surface area contributed by atoms with Gasteiger partial charge in [-0.3, -0.25) is 0 Å². The van der Waals surface area contributed by atoms with Crippen molar-refractivity contribution in [3.63, 3.8) is 0 Å². The van der Waals surface area contributed by atoms with Crippen LogP contribution in [-0.4, -0.2) is 9.97 Å². The van der Waals surface area contributed by atoms with E-state index in [1.54, 1.807) is 6.07 Å². The van der Waals surface area contributed by atoms with E-state index in [1.165, 1.54) is 12.5 Å². The van der Waals surface area contributed by atoms with Crippen LogP contribution in [-0.2, 0) is 0 Å². The lowest BCUT2D eigenvalue weighted by molar-refractivity contribution is 1.14. The predicted molar refractivity (Wildman–Crippen MR) is 26.7 cm³/mol. The normalized spacial score (nSPS) is 7.88. The largest absolute Gasteiger partial charge is 0.245 e. The van der Waals surface area contributed by atoms with Crippen molar-refractivity contribution in [3.8, 4) is 6.07 Å². The Morgan fingerprint density at radius 3 is 2.88 bits per heavy atom. The Morgan fingerprint density at radius 2 is 2.50 bits per heavy atom. The first-order valence-corrected chi connectivity index (χ1v) is 2.09. The highest BCUT2D eigenvalue weighted by molar-refractivity contribution is 5.15. The maximum atomic E-state index is 8.20. The lowest BCUT2D eigenvalue weighted by atomic mass is 10.5. The summed E-state index contributed by atoms with van der Waals surface area (Å²) in [4.78, 5) is 7.26. The van der Waals surface area contributed by atoms with Crippen LogP contribution in [0.5, 0.6) is 0 Å². The molecule has 0 atom stereocenters. The Balaban J connectivity index is 3.05. The summed E-state index contributed by atoms with van der Waals surface area (Å²) < 4.78 is 0. The summed E-state index contributed by atoms with van der Waals surface area (Å²) in [6, 6.07) is 3.43. The Kier molecular flexibility index (Phi) is 1.20. The summed E-state index contributed by atoms with van der Waals surface area (Å²) in [5.74, 6) is 0. The average molecular weight is 105 g/mol. The lowest BCUT2D eigenvalue weighted by Gasteiger charge is -1.79. The zero-order valence-electron chi connectivity index (χ0n) is 4.07. The number of aromatic nitrogens is 2. The van der Waals surface area contributed by atoms with Crippen LogP contribution >= 0.6 is 0 Å². The molecule has 0 aliphatic rings. The van der Waals surface area contributed by atoms with Gasteiger partial charge in [-0.15, -0.1) is 0 Å². The van der Waals surface area contributed by atoms with E-state index in [1.807, 2.05) is 6.07 Å². The van der Waals surface area contributed by atoms with E-state index < -0.39 is 0 Å². The van der Waals surface area contributed by atoms with Crippen LogP contribution in [0.4, 0.5) is 0 Å². The molecule has 0 saturated heterocycles. The highest BCUT2D eigenvalue weighted by atomic mass is 14.8. The standard InChI is InChI=1S/C5H3N3/c6-3-5-1-2-7-4-8-5/h1-2,4H. The predicted octanol–water partition coefficient (Wildman–Crippen LogP) is 0.348. The minimum atomic E-state index is 0.403. The third kappa shape index (κ3) is 0.793. The highest BCUT2D eigenvalue weighted by Gasteiger charge is 1.82. The van der Waals surface area contributed by atoms with Gasteiger partial charge in [0.2, 0.25) is 0 Å². The Morgan fingerprint density at radius 1 is 1.62 bits per heavy atom. The summed E-state index contributed by atoms with van der Waals surface area (Å²) in [6.07, 6.45) is 2.88. The first-order valence-electron chi connectivity index (χ1n) is 2.09. The third-order valence-corrected chi connectivity index (χ3v) is 0.697. The number of hydrogen-bond donors (Lipinski definition) is 0. The maximum absolute atomic E-state index is 8.20. The molecule has 0 radical (unpaired) electrons. The topological polar surface area (TPSA) is 49.6 Å². The van der Waals surface area contributed by atoms with Crippen LogP contribution in [0.1, 0.15) is 5.69 Å². The molecule has 0 aromatic carbocycles. The number of rotatable bonds is 0. The zero-order chi connectivity index (χ0) is 5.82. The van der Waals surface area contributed by atoms with Gasteiger partial charge in [0.05, 0.1) is 0 Å². The molecule has 1 aromatic heterocycles. The number of nitriles is 1. The summed E-state index contributed by atoms with van der Waals surface area (Å²) >= 11 is 0. The quantitative estimate of drug-likeness (QED) is 0.478. The monoisotopic (exact) mass is 105 g/mol. The Bertz CT molecular complexity index is 199. The summed E-state index contributed by atoms with van der Waals surface area (Å²) in [7, 11) is 0. The van der Waals surface area contributed by atoms with Crippen LogP contribution in [0.2, 0.25) is 0 Å². The van der Waals surface area contributed by atoms with Crippen molar-refractivity contribution < 1.29 is 0 Å². The Hall–Kier alpha value is -1.43. The molecule has 0 bridgehead atoms. The first-order chi connectivity index (χ1) is 3.93. The van der Waals surface area contributed by atoms with Crippen LogP contribution in [0.3, 0.4) is 0 Å². The van der Waals surface area contributed by atoms with Crippen molar-refractivity contribution in [2.24, 2.45) is 0 Å². The van der Waals surface area contributed by atoms with E-state index in [9.17, 15) is 0 Å². The van der Waals surface area contributed by atoms with E-state index in [0.717, 1.165) is 0 Å². The van der Waals surface area contributed by atoms with Gasteiger partial charge >= 0.3 is 0 Å². The smallest absolute Gasteiger partial charge is 0.143 e. The molecule has 38 valence electrons. The van der Waals surface area contributed by atoms with Crippen molar-refractivity contribution in [1.82, 2.24) is 9.97 Å². The van der Waals surface area contributed by atoms with E-state index in [4.69, 9.17) is 5.26 Å². The zero-order valence-corrected chi connectivity index (χ0v) is 4.07. The van der Waals surface area contributed by atoms with Gasteiger partial charge in [-0.1, -0.05) is 0 Å². The van der Waals surface area contributed by atoms with E-state index in [0.29, 0.717) is 5.69 Å². The van der Waals surface area contributed by atoms with Crippen molar-refractivity contribution >= 4 is 0 Å². The summed E-state index contributed by atoms with van der Waals surface area (Å²) in [5.41, 5.74) is 0.403. The van der Waals surface area contributed by atoms with Crippen LogP contribution in [0.15, 0.2) is 18.6 Å². The molecule has 0 saturated carbocycles. The van der Waals surface area contributed by atoms with Crippen molar-refractivity contribution in [2.75, 3.05) is 0 Å². The molecule has 0 N–H and O–H groups in total. The SMILES string of the molecule is N#Cc1ccncn1. The molecule has 0 fully saturated rings. The van der Waals surface area contributed by atoms with Gasteiger partial charge in [-0.2, -0.15) is 5.26 Å². The molecule has 3 nitrogen and oxygen atoms in total. The van der Waals surface area contributed by atoms with E-state index in [2.05, 4.69) is 9.97 Å². The molecule has 1 aromatic rings. The molecule has 0 aliphatic heterocycles. The van der Waals surface area contributed by atoms with Gasteiger partial charge in [0, 0.05) is 6.20 Å². The fourth-order valence-electron chi connectivity index (χ4n) is 0.357. The van der Waals surface area contributed by atoms with Crippen molar-refractivity contribution in [2.45, 2.75) is 0 Å². The minimum absolute atomic E-state index is 0.403. The molecule has 1 heterocycles. The Labute approximate surface area is 46.6 Å². The lowest BCUT2D eigenvalue weighted by Crippen LogP contribution is -1.79. The average Bonchev–Trinajstić information content (AvgIpc) is 1.90. The second kappa shape index (κ2) is 2.03. The van der Waals surface area contributed by atoms with Crippen molar-refractivity contribution in [1.29, 1.82) is 5.26 Å². The van der Waals surface area contributed by atoms with E-state index >= 15 is 0 Å². The molecule has 3 heteroatoms. The van der Waals surface area contributed by atoms with Crippen LogP contribution < -0.4 is 0 Å². The molecule has 8 heavy (non-hydrogen) atoms. The van der Waals surface area contributed by atoms with Crippen molar-refractivity contribution in [3.05, 3.63) is 24.3 Å².